The topological polar surface area (TPSA) is 366 Å². The van der Waals surface area contributed by atoms with Crippen LogP contribution in [0.25, 0.3) is 0 Å². The molecule has 4 rings (SSSR count). The number of esters is 3. The second kappa shape index (κ2) is 33.5. The summed E-state index contributed by atoms with van der Waals surface area (Å²) in [6.07, 6.45) is -13.2. The lowest BCUT2D eigenvalue weighted by atomic mass is 9.79. The monoisotopic (exact) mass is 1190 g/mol. The van der Waals surface area contributed by atoms with Gasteiger partial charge in [-0.2, -0.15) is 0 Å². The molecular formula is C57H93NO25. The molecule has 83 heavy (non-hydrogen) atoms. The second-order valence-corrected chi connectivity index (χ2v) is 23.0. The van der Waals surface area contributed by atoms with E-state index in [4.69, 9.17) is 72.5 Å². The van der Waals surface area contributed by atoms with Crippen LogP contribution in [0.15, 0.2) is 23.8 Å². The standard InChI is InChI=1S/C53H87NO19.C4H6O6/c1-16-38-36(26-65-52-49(64-15)48(63-14)44(60)31(7)67-52)22-28(4)17-18-37(57)29(5)23-35(19-20-55)46(30(6)39(69-34(10)56)24-41(59)70-38)73-51-45(61)43(54(12)13)47(32(8)68-51)72-42-25-53(11,62)50(33(9)66-42)71-40(58)21-27(2)3;5-1(3(7)8)2(6)4(9)10/h17-18,20,22,27,29-33,35-36,38-39,42-52,60-62H,16,19,21,23-26H2,1-15H3;1-2,5-6H,(H,7,8)(H,9,10)/b18-17+,28-22+;/t29-,30+,31-,32-,33+,35+,36-,38-,39-,42+,43-,44-,45-,46-,47-,48-,49-,50+,51+,52-,53-;1-,2-/m11/s1. The molecule has 0 aromatic rings. The fraction of sp³-hybridized carbons (Fsp3) is 0.807. The molecule has 3 saturated heterocycles. The Balaban J connectivity index is 0.00000164. The largest absolute Gasteiger partial charge is 0.479 e. The van der Waals surface area contributed by atoms with Gasteiger partial charge in [0.1, 0.15) is 54.6 Å². The molecule has 26 nitrogen and oxygen atoms in total. The van der Waals surface area contributed by atoms with Gasteiger partial charge in [-0.1, -0.05) is 52.3 Å². The van der Waals surface area contributed by atoms with Crippen LogP contribution < -0.4 is 0 Å². The number of aldehydes is 1. The van der Waals surface area contributed by atoms with Crippen molar-refractivity contribution in [3.8, 4) is 0 Å². The van der Waals surface area contributed by atoms with Gasteiger partial charge in [-0.05, 0) is 79.5 Å². The zero-order chi connectivity index (χ0) is 63.0. The Kier molecular flexibility index (Phi) is 29.4. The van der Waals surface area contributed by atoms with Crippen molar-refractivity contribution in [3.05, 3.63) is 23.8 Å². The number of cyclic esters (lactones) is 1. The maximum absolute atomic E-state index is 14.2. The Labute approximate surface area is 485 Å². The van der Waals surface area contributed by atoms with Gasteiger partial charge < -0.3 is 97.5 Å². The lowest BCUT2D eigenvalue weighted by Gasteiger charge is -2.50. The van der Waals surface area contributed by atoms with Crippen LogP contribution in [0.3, 0.4) is 0 Å². The molecule has 23 atom stereocenters. The number of hydrogen-bond acceptors (Lipinski definition) is 24. The predicted molar refractivity (Wildman–Crippen MR) is 290 cm³/mol. The number of rotatable bonds is 20. The van der Waals surface area contributed by atoms with E-state index in [1.807, 2.05) is 26.8 Å². The lowest BCUT2D eigenvalue weighted by Crippen LogP contribution is -2.65. The van der Waals surface area contributed by atoms with E-state index in [9.17, 15) is 48.9 Å². The third-order valence-electron chi connectivity index (χ3n) is 15.3. The van der Waals surface area contributed by atoms with Gasteiger partial charge in [0.2, 0.25) is 0 Å². The van der Waals surface area contributed by atoms with E-state index in [0.29, 0.717) is 18.3 Å². The molecule has 0 aromatic heterocycles. The number of hydrogen-bond donors (Lipinski definition) is 7. The number of ketones is 1. The number of carbonyl (C=O) groups excluding carboxylic acids is 5. The van der Waals surface area contributed by atoms with Crippen molar-refractivity contribution in [3.63, 3.8) is 0 Å². The van der Waals surface area contributed by atoms with Crippen molar-refractivity contribution in [2.24, 2.45) is 29.6 Å². The van der Waals surface area contributed by atoms with Crippen molar-refractivity contribution >= 4 is 41.9 Å². The fourth-order valence-corrected chi connectivity index (χ4v) is 10.9. The number of ether oxygens (including phenoxy) is 11. The van der Waals surface area contributed by atoms with Gasteiger partial charge in [-0.15, -0.1) is 0 Å². The Bertz CT molecular complexity index is 2150. The zero-order valence-electron chi connectivity index (χ0n) is 50.5. The van der Waals surface area contributed by atoms with E-state index in [0.717, 1.165) is 0 Å². The molecule has 26 heteroatoms. The van der Waals surface area contributed by atoms with Crippen LogP contribution in [0, 0.1) is 29.6 Å². The molecule has 0 spiro atoms. The quantitative estimate of drug-likeness (QED) is 0.0520. The van der Waals surface area contributed by atoms with Crippen molar-refractivity contribution in [2.45, 2.75) is 231 Å². The highest BCUT2D eigenvalue weighted by Crippen LogP contribution is 2.39. The first kappa shape index (κ1) is 72.9. The second-order valence-electron chi connectivity index (χ2n) is 23.0. The molecule has 4 aliphatic rings. The van der Waals surface area contributed by atoms with Crippen LogP contribution in [-0.4, -0.2) is 233 Å². The molecular weight excluding hydrogens is 1100 g/mol. The highest BCUT2D eigenvalue weighted by molar-refractivity contribution is 5.91. The highest BCUT2D eigenvalue weighted by atomic mass is 16.7. The minimum atomic E-state index is -2.27. The minimum Gasteiger partial charge on any atom is -0.479 e. The zero-order valence-corrected chi connectivity index (χ0v) is 50.5. The van der Waals surface area contributed by atoms with Crippen LogP contribution in [0.5, 0.6) is 0 Å². The summed E-state index contributed by atoms with van der Waals surface area (Å²) in [5.74, 6) is -8.41. The van der Waals surface area contributed by atoms with Gasteiger partial charge in [0.05, 0.1) is 43.5 Å². The van der Waals surface area contributed by atoms with Crippen molar-refractivity contribution in [1.29, 1.82) is 0 Å². The van der Waals surface area contributed by atoms with E-state index in [1.165, 1.54) is 27.2 Å². The summed E-state index contributed by atoms with van der Waals surface area (Å²) in [6, 6.07) is -0.809. The van der Waals surface area contributed by atoms with Gasteiger partial charge in [0.25, 0.3) is 0 Å². The first-order valence-electron chi connectivity index (χ1n) is 28.1. The minimum absolute atomic E-state index is 0.0378. The van der Waals surface area contributed by atoms with Gasteiger partial charge in [0, 0.05) is 58.2 Å². The Morgan fingerprint density at radius 3 is 1.95 bits per heavy atom. The third-order valence-corrected chi connectivity index (χ3v) is 15.3. The summed E-state index contributed by atoms with van der Waals surface area (Å²) in [4.78, 5) is 87.4. The molecule has 0 radical (unpaired) electrons. The molecule has 4 aliphatic heterocycles. The summed E-state index contributed by atoms with van der Waals surface area (Å²) in [6.45, 7) is 18.7. The molecule has 0 amide bonds. The number of aliphatic carboxylic acids is 2. The van der Waals surface area contributed by atoms with E-state index >= 15 is 0 Å². The van der Waals surface area contributed by atoms with E-state index in [-0.39, 0.29) is 44.0 Å². The molecule has 0 saturated carbocycles. The van der Waals surface area contributed by atoms with Crippen molar-refractivity contribution < 1.29 is 121 Å². The van der Waals surface area contributed by atoms with E-state index in [1.54, 1.807) is 73.5 Å². The van der Waals surface area contributed by atoms with Crippen LogP contribution >= 0.6 is 0 Å². The molecule has 0 unspecified atom stereocenters. The molecule has 7 N–H and O–H groups in total. The van der Waals surface area contributed by atoms with E-state index < -0.39 is 176 Å². The number of aliphatic hydroxyl groups is 5. The van der Waals surface area contributed by atoms with Crippen LogP contribution in [0.1, 0.15) is 115 Å². The number of likely N-dealkylation sites (N-methyl/N-ethyl adjacent to an activating group) is 1. The number of carboxylic acid groups (broad SMARTS) is 2. The first-order chi connectivity index (χ1) is 38.7. The number of allylic oxidation sites excluding steroid dienone is 3. The number of carboxylic acids is 2. The maximum Gasteiger partial charge on any atom is 0.335 e. The average molecular weight is 1190 g/mol. The van der Waals surface area contributed by atoms with Gasteiger partial charge in [0.15, 0.2) is 43.0 Å². The van der Waals surface area contributed by atoms with E-state index in [2.05, 4.69) is 0 Å². The Morgan fingerprint density at radius 1 is 0.831 bits per heavy atom. The third kappa shape index (κ3) is 20.9. The number of methoxy groups -OCH3 is 2. The molecule has 0 bridgehead atoms. The van der Waals surface area contributed by atoms with Crippen molar-refractivity contribution in [2.75, 3.05) is 34.9 Å². The highest BCUT2D eigenvalue weighted by Gasteiger charge is 2.53. The number of nitrogens with zero attached hydrogens (tertiary/aromatic N) is 1. The average Bonchev–Trinajstić information content (AvgIpc) is 3.61. The van der Waals surface area contributed by atoms with Crippen LogP contribution in [-0.2, 0) is 85.7 Å². The summed E-state index contributed by atoms with van der Waals surface area (Å²) in [5, 5.41) is 67.1. The van der Waals surface area contributed by atoms with Gasteiger partial charge >= 0.3 is 29.8 Å². The lowest BCUT2D eigenvalue weighted by molar-refractivity contribution is -0.342. The van der Waals surface area contributed by atoms with Gasteiger partial charge in [-0.3, -0.25) is 19.2 Å². The van der Waals surface area contributed by atoms with Gasteiger partial charge in [-0.25, -0.2) is 9.59 Å². The van der Waals surface area contributed by atoms with Crippen LogP contribution in [0.2, 0.25) is 0 Å². The summed E-state index contributed by atoms with van der Waals surface area (Å²) >= 11 is 0. The number of aliphatic hydroxyl groups excluding tert-OH is 4. The van der Waals surface area contributed by atoms with Crippen molar-refractivity contribution in [1.82, 2.24) is 4.90 Å². The molecule has 4 heterocycles. The van der Waals surface area contributed by atoms with Crippen LogP contribution in [0.4, 0.5) is 0 Å². The molecule has 0 aliphatic carbocycles. The summed E-state index contributed by atoms with van der Waals surface area (Å²) in [5.41, 5.74) is -0.865. The molecule has 476 valence electrons. The first-order valence-corrected chi connectivity index (χ1v) is 28.1. The Morgan fingerprint density at radius 2 is 1.43 bits per heavy atom. The fourth-order valence-electron chi connectivity index (χ4n) is 10.9. The predicted octanol–water partition coefficient (Wildman–Crippen LogP) is 1.88. The molecule has 0 aromatic carbocycles. The summed E-state index contributed by atoms with van der Waals surface area (Å²) in [7, 11) is 6.41. The summed E-state index contributed by atoms with van der Waals surface area (Å²) < 4.78 is 67.2. The maximum atomic E-state index is 14.2. The SMILES string of the molecule is CC[C@H]1OC(=O)C[C@@H](OC(C)=O)[C@H](C)[C@@H](O[C@@H]2O[C@H](C)[C@@H](O[C@H]3C[C@@](C)(O)[C@@H](OC(=O)CC(C)C)[C@H](C)O3)[C@H](N(C)C)[C@H]2O)[C@@H](CC=O)C[C@@H](C)C(=O)/C=C/C(C)=C/[C@@H]1CO[C@@H]1O[C@H](C)[C@@H](O)[C@@H](OC)[C@H]1OC.O=C(O)[C@H](O)[C@@H](O)C(=O)O. The Hall–Kier alpha value is -4.39. The number of carbonyl (C=O) groups is 7. The smallest absolute Gasteiger partial charge is 0.335 e. The normalized spacial score (nSPS) is 38.5. The molecule has 3 fully saturated rings.